The van der Waals surface area contributed by atoms with Gasteiger partial charge in [0.2, 0.25) is 0 Å². The summed E-state index contributed by atoms with van der Waals surface area (Å²) in [5.74, 6) is -6.17. The van der Waals surface area contributed by atoms with Crippen molar-refractivity contribution in [3.8, 4) is 0 Å². The van der Waals surface area contributed by atoms with Crippen LogP contribution in [-0.2, 0) is 0 Å². The van der Waals surface area contributed by atoms with Gasteiger partial charge in [0.05, 0.1) is 4.90 Å². The van der Waals surface area contributed by atoms with Crippen LogP contribution in [0.5, 0.6) is 0 Å². The molecule has 0 bridgehead atoms. The van der Waals surface area contributed by atoms with Crippen molar-refractivity contribution in [3.63, 3.8) is 0 Å². The fourth-order valence-corrected chi connectivity index (χ4v) is 1.63. The maximum atomic E-state index is 12.9. The van der Waals surface area contributed by atoms with Crippen LogP contribution in [0.1, 0.15) is 5.56 Å². The van der Waals surface area contributed by atoms with E-state index in [0.717, 1.165) is 11.8 Å². The third-order valence-electron chi connectivity index (χ3n) is 1.65. The van der Waals surface area contributed by atoms with Crippen molar-refractivity contribution in [2.45, 2.75) is 11.8 Å². The van der Waals surface area contributed by atoms with Crippen LogP contribution in [0.2, 0.25) is 0 Å². The molecular weight excluding hydrogens is 204 g/mol. The van der Waals surface area contributed by atoms with Gasteiger partial charge in [-0.15, -0.1) is 11.8 Å². The lowest BCUT2D eigenvalue weighted by molar-refractivity contribution is 0.394. The average Bonchev–Trinajstić information content (AvgIpc) is 2.13. The molecule has 0 amide bonds. The van der Waals surface area contributed by atoms with Gasteiger partial charge >= 0.3 is 0 Å². The Bertz CT molecular complexity index is 319. The zero-order chi connectivity index (χ0) is 10.2. The smallest absolute Gasteiger partial charge is 0.198 e. The summed E-state index contributed by atoms with van der Waals surface area (Å²) < 4.78 is 50.9. The van der Waals surface area contributed by atoms with E-state index in [1.165, 1.54) is 13.2 Å². The van der Waals surface area contributed by atoms with Crippen LogP contribution in [0, 0.1) is 30.2 Å². The summed E-state index contributed by atoms with van der Waals surface area (Å²) in [5.41, 5.74) is -0.205. The molecule has 1 rings (SSSR count). The van der Waals surface area contributed by atoms with Crippen molar-refractivity contribution >= 4 is 11.8 Å². The molecule has 72 valence electrons. The van der Waals surface area contributed by atoms with Gasteiger partial charge in [0.25, 0.3) is 0 Å². The molecule has 0 saturated heterocycles. The summed E-state index contributed by atoms with van der Waals surface area (Å²) in [6.45, 7) is 1.20. The molecule has 0 nitrogen and oxygen atoms in total. The van der Waals surface area contributed by atoms with Gasteiger partial charge in [-0.25, -0.2) is 17.6 Å². The highest BCUT2D eigenvalue weighted by atomic mass is 32.2. The van der Waals surface area contributed by atoms with E-state index >= 15 is 0 Å². The molecule has 0 N–H and O–H groups in total. The highest BCUT2D eigenvalue weighted by Gasteiger charge is 2.21. The van der Waals surface area contributed by atoms with E-state index in [2.05, 4.69) is 0 Å². The Kier molecular flexibility index (Phi) is 2.85. The molecule has 0 saturated carbocycles. The molecule has 1 aromatic rings. The molecule has 0 aliphatic heterocycles. The molecule has 0 radical (unpaired) electrons. The monoisotopic (exact) mass is 210 g/mol. The highest BCUT2D eigenvalue weighted by Crippen LogP contribution is 2.29. The Labute approximate surface area is 76.9 Å². The Morgan fingerprint density at radius 1 is 0.846 bits per heavy atom. The van der Waals surface area contributed by atoms with Gasteiger partial charge in [-0.3, -0.25) is 0 Å². The maximum absolute atomic E-state index is 12.9. The van der Waals surface area contributed by atoms with Crippen LogP contribution in [-0.4, -0.2) is 6.26 Å². The van der Waals surface area contributed by atoms with Crippen molar-refractivity contribution in [3.05, 3.63) is 28.8 Å². The van der Waals surface area contributed by atoms with Crippen LogP contribution in [0.25, 0.3) is 0 Å². The number of hydrogen-bond acceptors (Lipinski definition) is 1. The van der Waals surface area contributed by atoms with Gasteiger partial charge in [0.15, 0.2) is 23.3 Å². The minimum Gasteiger partial charge on any atom is -0.203 e. The topological polar surface area (TPSA) is 0 Å². The van der Waals surface area contributed by atoms with Crippen LogP contribution in [0.3, 0.4) is 0 Å². The molecule has 0 aliphatic carbocycles. The predicted molar refractivity (Wildman–Crippen MR) is 42.8 cm³/mol. The van der Waals surface area contributed by atoms with Crippen molar-refractivity contribution < 1.29 is 17.6 Å². The zero-order valence-corrected chi connectivity index (χ0v) is 7.74. The van der Waals surface area contributed by atoms with Crippen LogP contribution in [0.15, 0.2) is 4.90 Å². The molecule has 0 aliphatic rings. The first-order valence-corrected chi connectivity index (χ1v) is 4.59. The highest BCUT2D eigenvalue weighted by molar-refractivity contribution is 7.98. The predicted octanol–water partition coefficient (Wildman–Crippen LogP) is 3.27. The lowest BCUT2D eigenvalue weighted by atomic mass is 10.2. The van der Waals surface area contributed by atoms with E-state index in [9.17, 15) is 17.6 Å². The van der Waals surface area contributed by atoms with Crippen LogP contribution < -0.4 is 0 Å². The van der Waals surface area contributed by atoms with Gasteiger partial charge in [0, 0.05) is 5.56 Å². The molecule has 0 spiro atoms. The third-order valence-corrected chi connectivity index (χ3v) is 2.55. The second kappa shape index (κ2) is 3.57. The van der Waals surface area contributed by atoms with E-state index in [-0.39, 0.29) is 10.5 Å². The molecule has 13 heavy (non-hydrogen) atoms. The molecule has 0 aromatic heterocycles. The minimum absolute atomic E-state index is 0.198. The first-order valence-electron chi connectivity index (χ1n) is 3.37. The molecule has 5 heteroatoms. The van der Waals surface area contributed by atoms with Gasteiger partial charge in [-0.05, 0) is 13.2 Å². The average molecular weight is 210 g/mol. The molecule has 0 atom stereocenters. The Morgan fingerprint density at radius 2 is 1.31 bits per heavy atom. The van der Waals surface area contributed by atoms with Gasteiger partial charge in [0.1, 0.15) is 0 Å². The second-order valence-electron chi connectivity index (χ2n) is 2.41. The third kappa shape index (κ3) is 1.52. The lowest BCUT2D eigenvalue weighted by Crippen LogP contribution is -2.01. The largest absolute Gasteiger partial charge is 0.203 e. The zero-order valence-electron chi connectivity index (χ0n) is 6.92. The second-order valence-corrected chi connectivity index (χ2v) is 3.23. The van der Waals surface area contributed by atoms with Crippen LogP contribution in [0.4, 0.5) is 17.6 Å². The first kappa shape index (κ1) is 10.4. The Hall–Kier alpha value is -0.710. The number of halogens is 4. The van der Waals surface area contributed by atoms with E-state index in [1.807, 2.05) is 0 Å². The van der Waals surface area contributed by atoms with Gasteiger partial charge in [-0.1, -0.05) is 0 Å². The molecule has 1 aromatic carbocycles. The van der Waals surface area contributed by atoms with E-state index in [4.69, 9.17) is 0 Å². The van der Waals surface area contributed by atoms with Crippen molar-refractivity contribution in [1.82, 2.24) is 0 Å². The van der Waals surface area contributed by atoms with E-state index < -0.39 is 23.3 Å². The summed E-state index contributed by atoms with van der Waals surface area (Å²) in [6, 6.07) is 0. The lowest BCUT2D eigenvalue weighted by Gasteiger charge is -2.07. The SMILES string of the molecule is CSc1c(C)c(F)c(F)c(F)c1F. The quantitative estimate of drug-likeness (QED) is 0.296. The molecule has 0 unspecified atom stereocenters. The summed E-state index contributed by atoms with van der Waals surface area (Å²) in [6.07, 6.45) is 1.46. The summed E-state index contributed by atoms with van der Waals surface area (Å²) in [7, 11) is 0. The molecule has 0 heterocycles. The van der Waals surface area contributed by atoms with E-state index in [0.29, 0.717) is 0 Å². The van der Waals surface area contributed by atoms with Crippen LogP contribution >= 0.6 is 11.8 Å². The standard InChI is InChI=1S/C8H6F4S/c1-3-4(9)5(10)6(11)7(12)8(3)13-2/h1-2H3. The number of hydrogen-bond donors (Lipinski definition) is 0. The van der Waals surface area contributed by atoms with E-state index in [1.54, 1.807) is 0 Å². The number of thioether (sulfide) groups is 1. The Balaban J connectivity index is 3.56. The Morgan fingerprint density at radius 3 is 1.77 bits per heavy atom. The van der Waals surface area contributed by atoms with Crippen molar-refractivity contribution in [2.24, 2.45) is 0 Å². The summed E-state index contributed by atoms with van der Waals surface area (Å²) in [5, 5.41) is 0. The van der Waals surface area contributed by atoms with Crippen molar-refractivity contribution in [2.75, 3.05) is 6.26 Å². The maximum Gasteiger partial charge on any atom is 0.198 e. The first-order chi connectivity index (χ1) is 6.00. The summed E-state index contributed by atoms with van der Waals surface area (Å²) >= 11 is 0.837. The number of rotatable bonds is 1. The number of benzene rings is 1. The van der Waals surface area contributed by atoms with Gasteiger partial charge < -0.3 is 0 Å². The molecule has 0 fully saturated rings. The van der Waals surface area contributed by atoms with Gasteiger partial charge in [-0.2, -0.15) is 0 Å². The summed E-state index contributed by atoms with van der Waals surface area (Å²) in [4.78, 5) is -0.198. The van der Waals surface area contributed by atoms with Crippen molar-refractivity contribution in [1.29, 1.82) is 0 Å². The fraction of sp³-hybridized carbons (Fsp3) is 0.250. The normalized spacial score (nSPS) is 10.6. The minimum atomic E-state index is -1.76. The fourth-order valence-electron chi connectivity index (χ4n) is 0.964. The molecular formula is C8H6F4S.